The zero-order valence-electron chi connectivity index (χ0n) is 13.1. The molecule has 2 heterocycles. The second-order valence-electron chi connectivity index (χ2n) is 5.84. The van der Waals surface area contributed by atoms with Crippen LogP contribution in [-0.2, 0) is 4.79 Å². The number of hydrogen-bond acceptors (Lipinski definition) is 4. The summed E-state index contributed by atoms with van der Waals surface area (Å²) in [5, 5.41) is 9.18. The largest absolute Gasteiger partial charge is 0.497 e. The van der Waals surface area contributed by atoms with Crippen molar-refractivity contribution in [1.82, 2.24) is 4.90 Å². The van der Waals surface area contributed by atoms with E-state index in [1.165, 1.54) is 0 Å². The Labute approximate surface area is 135 Å². The molecule has 0 aliphatic carbocycles. The second-order valence-corrected chi connectivity index (χ2v) is 5.84. The van der Waals surface area contributed by atoms with Crippen molar-refractivity contribution < 1.29 is 19.1 Å². The Morgan fingerprint density at radius 1 is 1.30 bits per heavy atom. The molecule has 1 aromatic heterocycles. The van der Waals surface area contributed by atoms with Gasteiger partial charge in [-0.15, -0.1) is 0 Å². The Bertz CT molecular complexity index is 645. The molecule has 23 heavy (non-hydrogen) atoms. The van der Waals surface area contributed by atoms with Gasteiger partial charge >= 0.3 is 5.97 Å². The van der Waals surface area contributed by atoms with Crippen molar-refractivity contribution in [2.24, 2.45) is 5.92 Å². The monoisotopic (exact) mass is 315 g/mol. The van der Waals surface area contributed by atoms with Gasteiger partial charge in [0.05, 0.1) is 25.3 Å². The van der Waals surface area contributed by atoms with Crippen LogP contribution in [0.25, 0.3) is 0 Å². The van der Waals surface area contributed by atoms with Gasteiger partial charge in [-0.3, -0.25) is 9.69 Å². The predicted octanol–water partition coefficient (Wildman–Crippen LogP) is 3.17. The van der Waals surface area contributed by atoms with E-state index < -0.39 is 5.97 Å². The number of hydrogen-bond donors (Lipinski definition) is 1. The third-order valence-electron chi connectivity index (χ3n) is 4.47. The summed E-state index contributed by atoms with van der Waals surface area (Å²) in [6, 6.07) is 11.8. The highest BCUT2D eigenvalue weighted by Crippen LogP contribution is 2.34. The number of benzene rings is 1. The van der Waals surface area contributed by atoms with E-state index in [4.69, 9.17) is 9.15 Å². The van der Waals surface area contributed by atoms with Crippen molar-refractivity contribution in [3.63, 3.8) is 0 Å². The Kier molecular flexibility index (Phi) is 4.67. The van der Waals surface area contributed by atoms with Crippen LogP contribution in [0.5, 0.6) is 5.75 Å². The van der Waals surface area contributed by atoms with Crippen LogP contribution < -0.4 is 4.74 Å². The van der Waals surface area contributed by atoms with Crippen molar-refractivity contribution in [3.05, 3.63) is 54.0 Å². The maximum absolute atomic E-state index is 11.2. The highest BCUT2D eigenvalue weighted by atomic mass is 16.5. The molecule has 0 saturated carbocycles. The summed E-state index contributed by atoms with van der Waals surface area (Å²) in [6.07, 6.45) is 3.00. The zero-order valence-corrected chi connectivity index (χ0v) is 13.1. The van der Waals surface area contributed by atoms with Crippen molar-refractivity contribution in [1.29, 1.82) is 0 Å². The van der Waals surface area contributed by atoms with Crippen LogP contribution in [0, 0.1) is 5.92 Å². The first-order valence-electron chi connectivity index (χ1n) is 7.83. The predicted molar refractivity (Wildman–Crippen MR) is 85.5 cm³/mol. The number of carboxylic acids is 1. The fourth-order valence-corrected chi connectivity index (χ4v) is 3.22. The number of carbonyl (C=O) groups is 1. The van der Waals surface area contributed by atoms with Gasteiger partial charge in [0.15, 0.2) is 0 Å². The molecule has 0 bridgehead atoms. The standard InChI is InChI=1S/C18H21NO4/c1-22-15-5-2-4-14(12-15)17(16-6-3-11-23-16)19-9-7-13(8-10-19)18(20)21/h2-6,11-13,17H,7-10H2,1H3,(H,20,21). The average Bonchev–Trinajstić information content (AvgIpc) is 3.10. The molecule has 1 unspecified atom stereocenters. The van der Waals surface area contributed by atoms with Gasteiger partial charge in [-0.25, -0.2) is 0 Å². The lowest BCUT2D eigenvalue weighted by atomic mass is 9.93. The van der Waals surface area contributed by atoms with Gasteiger partial charge in [-0.1, -0.05) is 12.1 Å². The van der Waals surface area contributed by atoms with Crippen LogP contribution in [0.4, 0.5) is 0 Å². The van der Waals surface area contributed by atoms with Gasteiger partial charge in [-0.2, -0.15) is 0 Å². The minimum atomic E-state index is -0.694. The molecule has 0 radical (unpaired) electrons. The van der Waals surface area contributed by atoms with Crippen LogP contribution in [0.1, 0.15) is 30.2 Å². The summed E-state index contributed by atoms with van der Waals surface area (Å²) in [5.74, 6) is 0.737. The molecule has 0 amide bonds. The molecule has 5 nitrogen and oxygen atoms in total. The van der Waals surface area contributed by atoms with E-state index in [2.05, 4.69) is 11.0 Å². The summed E-state index contributed by atoms with van der Waals surface area (Å²) in [7, 11) is 1.65. The molecule has 1 N–H and O–H groups in total. The summed E-state index contributed by atoms with van der Waals surface area (Å²) in [4.78, 5) is 13.4. The Morgan fingerprint density at radius 2 is 2.09 bits per heavy atom. The van der Waals surface area contributed by atoms with Crippen LogP contribution in [-0.4, -0.2) is 36.2 Å². The molecule has 122 valence electrons. The van der Waals surface area contributed by atoms with E-state index in [9.17, 15) is 9.90 Å². The minimum absolute atomic E-state index is 0.0187. The maximum atomic E-state index is 11.2. The molecule has 0 spiro atoms. The topological polar surface area (TPSA) is 62.9 Å². The number of piperidine rings is 1. The third kappa shape index (κ3) is 3.40. The number of furan rings is 1. The number of ether oxygens (including phenoxy) is 1. The summed E-state index contributed by atoms with van der Waals surface area (Å²) < 4.78 is 11.0. The molecule has 3 rings (SSSR count). The van der Waals surface area contributed by atoms with E-state index in [1.807, 2.05) is 30.3 Å². The van der Waals surface area contributed by atoms with E-state index in [0.29, 0.717) is 12.8 Å². The van der Waals surface area contributed by atoms with Gasteiger partial charge in [0.25, 0.3) is 0 Å². The Hall–Kier alpha value is -2.27. The van der Waals surface area contributed by atoms with E-state index in [-0.39, 0.29) is 12.0 Å². The maximum Gasteiger partial charge on any atom is 0.306 e. The molecular formula is C18H21NO4. The van der Waals surface area contributed by atoms with Crippen LogP contribution in [0.2, 0.25) is 0 Å². The second kappa shape index (κ2) is 6.87. The SMILES string of the molecule is COc1cccc(C(c2ccco2)N2CCC(C(=O)O)CC2)c1. The van der Waals surface area contributed by atoms with Crippen molar-refractivity contribution >= 4 is 5.97 Å². The van der Waals surface area contributed by atoms with E-state index in [0.717, 1.165) is 30.2 Å². The molecule has 5 heteroatoms. The number of methoxy groups -OCH3 is 1. The Balaban J connectivity index is 1.87. The lowest BCUT2D eigenvalue weighted by Gasteiger charge is -2.35. The van der Waals surface area contributed by atoms with Gasteiger partial charge in [0.1, 0.15) is 11.5 Å². The van der Waals surface area contributed by atoms with E-state index >= 15 is 0 Å². The van der Waals surface area contributed by atoms with Gasteiger partial charge in [0, 0.05) is 0 Å². The summed E-state index contributed by atoms with van der Waals surface area (Å²) in [5.41, 5.74) is 1.09. The highest BCUT2D eigenvalue weighted by molar-refractivity contribution is 5.70. The first kappa shape index (κ1) is 15.6. The van der Waals surface area contributed by atoms with E-state index in [1.54, 1.807) is 13.4 Å². The highest BCUT2D eigenvalue weighted by Gasteiger charge is 2.31. The van der Waals surface area contributed by atoms with Gasteiger partial charge in [0.2, 0.25) is 0 Å². The molecular weight excluding hydrogens is 294 g/mol. The lowest BCUT2D eigenvalue weighted by Crippen LogP contribution is -2.39. The smallest absolute Gasteiger partial charge is 0.306 e. The lowest BCUT2D eigenvalue weighted by molar-refractivity contribution is -0.143. The molecule has 1 atom stereocenters. The molecule has 1 aromatic carbocycles. The summed E-state index contributed by atoms with van der Waals surface area (Å²) >= 11 is 0. The average molecular weight is 315 g/mol. The Morgan fingerprint density at radius 3 is 2.70 bits per heavy atom. The fourth-order valence-electron chi connectivity index (χ4n) is 3.22. The molecule has 2 aromatic rings. The van der Waals surface area contributed by atoms with Crippen LogP contribution >= 0.6 is 0 Å². The van der Waals surface area contributed by atoms with Crippen molar-refractivity contribution in [2.45, 2.75) is 18.9 Å². The van der Waals surface area contributed by atoms with Crippen molar-refractivity contribution in [2.75, 3.05) is 20.2 Å². The number of aliphatic carboxylic acids is 1. The number of nitrogens with zero attached hydrogens (tertiary/aromatic N) is 1. The summed E-state index contributed by atoms with van der Waals surface area (Å²) in [6.45, 7) is 1.47. The number of carboxylic acid groups (broad SMARTS) is 1. The van der Waals surface area contributed by atoms with Crippen molar-refractivity contribution in [3.8, 4) is 5.75 Å². The van der Waals surface area contributed by atoms with Crippen LogP contribution in [0.3, 0.4) is 0 Å². The quantitative estimate of drug-likeness (QED) is 0.918. The normalized spacial score (nSPS) is 17.8. The van der Waals surface area contributed by atoms with Gasteiger partial charge < -0.3 is 14.3 Å². The van der Waals surface area contributed by atoms with Crippen LogP contribution in [0.15, 0.2) is 47.1 Å². The number of rotatable bonds is 5. The minimum Gasteiger partial charge on any atom is -0.497 e. The third-order valence-corrected chi connectivity index (χ3v) is 4.47. The molecule has 1 saturated heterocycles. The number of likely N-dealkylation sites (tertiary alicyclic amines) is 1. The molecule has 1 aliphatic rings. The van der Waals surface area contributed by atoms with Gasteiger partial charge in [-0.05, 0) is 55.8 Å². The fraction of sp³-hybridized carbons (Fsp3) is 0.389. The molecule has 1 fully saturated rings. The first-order chi connectivity index (χ1) is 11.2. The first-order valence-corrected chi connectivity index (χ1v) is 7.83. The zero-order chi connectivity index (χ0) is 16.2. The molecule has 1 aliphatic heterocycles.